The van der Waals surface area contributed by atoms with Crippen molar-refractivity contribution in [2.24, 2.45) is 29.6 Å². The van der Waals surface area contributed by atoms with E-state index in [1.165, 1.54) is 6.08 Å². The van der Waals surface area contributed by atoms with Crippen LogP contribution >= 0.6 is 0 Å². The molecule has 2 aliphatic carbocycles. The van der Waals surface area contributed by atoms with Gasteiger partial charge in [-0.1, -0.05) is 11.6 Å². The van der Waals surface area contributed by atoms with Crippen LogP contribution in [0, 0.1) is 29.6 Å². The normalized spacial score (nSPS) is 29.5. The van der Waals surface area contributed by atoms with Crippen molar-refractivity contribution in [3.63, 3.8) is 0 Å². The van der Waals surface area contributed by atoms with Gasteiger partial charge in [-0.25, -0.2) is 9.59 Å². The van der Waals surface area contributed by atoms with Crippen molar-refractivity contribution in [2.75, 3.05) is 14.2 Å². The SMILES string of the molecule is COC(=O)N1C(=O)C2CC=C3C(CC4C(=O)N(C(=O)OC)C(=O)C4C3c3cc(OC(F)(F)F)ccc3O)C2C1=O. The van der Waals surface area contributed by atoms with Crippen LogP contribution in [-0.4, -0.2) is 71.3 Å². The van der Waals surface area contributed by atoms with Gasteiger partial charge in [0, 0.05) is 11.5 Å². The largest absolute Gasteiger partial charge is 0.573 e. The van der Waals surface area contributed by atoms with Gasteiger partial charge in [0.15, 0.2) is 0 Å². The highest BCUT2D eigenvalue weighted by atomic mass is 19.4. The van der Waals surface area contributed by atoms with Crippen LogP contribution in [0.2, 0.25) is 0 Å². The van der Waals surface area contributed by atoms with E-state index in [0.717, 1.165) is 32.4 Å². The molecule has 6 unspecified atom stereocenters. The van der Waals surface area contributed by atoms with Crippen LogP contribution in [0.3, 0.4) is 0 Å². The third-order valence-electron chi connectivity index (χ3n) is 7.93. The van der Waals surface area contributed by atoms with E-state index < -0.39 is 89.2 Å². The fourth-order valence-electron chi connectivity index (χ4n) is 6.46. The average Bonchev–Trinajstić information content (AvgIpc) is 3.30. The molecule has 6 atom stereocenters. The quantitative estimate of drug-likeness (QED) is 0.417. The van der Waals surface area contributed by atoms with Gasteiger partial charge in [0.1, 0.15) is 11.5 Å². The Hall–Kier alpha value is -4.43. The Morgan fingerprint density at radius 3 is 2.02 bits per heavy atom. The predicted octanol–water partition coefficient (Wildman–Crippen LogP) is 2.46. The summed E-state index contributed by atoms with van der Waals surface area (Å²) in [6.45, 7) is 0. The summed E-state index contributed by atoms with van der Waals surface area (Å²) < 4.78 is 52.1. The van der Waals surface area contributed by atoms with Gasteiger partial charge < -0.3 is 19.3 Å². The molecule has 0 spiro atoms. The van der Waals surface area contributed by atoms with Gasteiger partial charge in [-0.2, -0.15) is 9.80 Å². The average molecular weight is 566 g/mol. The maximum atomic E-state index is 13.5. The molecule has 1 saturated carbocycles. The van der Waals surface area contributed by atoms with E-state index in [9.17, 15) is 47.0 Å². The third kappa shape index (κ3) is 3.98. The minimum atomic E-state index is -5.09. The van der Waals surface area contributed by atoms with Crippen molar-refractivity contribution in [3.8, 4) is 11.5 Å². The number of carbonyl (C=O) groups excluding carboxylic acids is 6. The number of halogens is 3. The Morgan fingerprint density at radius 1 is 0.875 bits per heavy atom. The smallest absolute Gasteiger partial charge is 0.508 e. The lowest BCUT2D eigenvalue weighted by Crippen LogP contribution is -2.43. The number of amides is 6. The van der Waals surface area contributed by atoms with Gasteiger partial charge in [0.05, 0.1) is 37.9 Å². The molecule has 1 aromatic carbocycles. The zero-order valence-electron chi connectivity index (χ0n) is 20.8. The minimum absolute atomic E-state index is 0.0786. The molecule has 12 nitrogen and oxygen atoms in total. The lowest BCUT2D eigenvalue weighted by atomic mass is 9.57. The number of alkyl halides is 3. The monoisotopic (exact) mass is 566 g/mol. The maximum Gasteiger partial charge on any atom is 0.573 e. The summed E-state index contributed by atoms with van der Waals surface area (Å²) in [6, 6.07) is 2.63. The number of fused-ring (bicyclic) bond motifs is 4. The highest BCUT2D eigenvalue weighted by molar-refractivity contribution is 6.17. The molecular weight excluding hydrogens is 545 g/mol. The third-order valence-corrected chi connectivity index (χ3v) is 7.93. The second kappa shape index (κ2) is 9.34. The molecule has 0 aromatic heterocycles. The Kier molecular flexibility index (Phi) is 6.34. The summed E-state index contributed by atoms with van der Waals surface area (Å²) >= 11 is 0. The zero-order chi connectivity index (χ0) is 29.3. The van der Waals surface area contributed by atoms with Crippen molar-refractivity contribution < 1.29 is 61.3 Å². The van der Waals surface area contributed by atoms with E-state index >= 15 is 0 Å². The van der Waals surface area contributed by atoms with Crippen LogP contribution in [0.1, 0.15) is 24.3 Å². The molecular formula is C25H21F3N2O10. The summed E-state index contributed by atoms with van der Waals surface area (Å²) in [5.74, 6) is -12.0. The Morgan fingerprint density at radius 2 is 1.45 bits per heavy atom. The number of hydrogen-bond donors (Lipinski definition) is 1. The molecule has 1 N–H and O–H groups in total. The van der Waals surface area contributed by atoms with Gasteiger partial charge in [0.25, 0.3) is 0 Å². The lowest BCUT2D eigenvalue weighted by Gasteiger charge is -2.44. The first-order chi connectivity index (χ1) is 18.8. The maximum absolute atomic E-state index is 13.5. The summed E-state index contributed by atoms with van der Waals surface area (Å²) in [4.78, 5) is 78.2. The number of methoxy groups -OCH3 is 2. The Bertz CT molecular complexity index is 1390. The Balaban J connectivity index is 1.66. The van der Waals surface area contributed by atoms with Gasteiger partial charge in [0.2, 0.25) is 23.6 Å². The highest BCUT2D eigenvalue weighted by Crippen LogP contribution is 2.59. The first kappa shape index (κ1) is 27.1. The highest BCUT2D eigenvalue weighted by Gasteiger charge is 2.64. The first-order valence-electron chi connectivity index (χ1n) is 12.0. The van der Waals surface area contributed by atoms with Gasteiger partial charge in [-0.05, 0) is 37.0 Å². The molecule has 40 heavy (non-hydrogen) atoms. The van der Waals surface area contributed by atoms with Crippen LogP contribution in [0.5, 0.6) is 11.5 Å². The van der Waals surface area contributed by atoms with E-state index in [4.69, 9.17) is 0 Å². The van der Waals surface area contributed by atoms with Crippen LogP contribution in [0.4, 0.5) is 22.8 Å². The standard InChI is InChI=1S/C25H21F3N2O10/c1-38-23(36)29-19(32)11-5-4-10-12(17(11)21(29)34)8-14-18(22(35)30(20(14)33)24(37)39-2)16(10)13-7-9(3-6-15(13)31)40-25(26,27)28/h3-4,6-7,11-12,14,16-18,31H,5,8H2,1-2H3. The second-order valence-corrected chi connectivity index (χ2v) is 9.76. The van der Waals surface area contributed by atoms with E-state index in [0.29, 0.717) is 10.5 Å². The first-order valence-corrected chi connectivity index (χ1v) is 12.0. The molecule has 6 amide bonds. The molecule has 2 heterocycles. The molecule has 3 fully saturated rings. The van der Waals surface area contributed by atoms with E-state index in [1.807, 2.05) is 0 Å². The van der Waals surface area contributed by atoms with E-state index in [1.54, 1.807) is 0 Å². The number of nitrogens with zero attached hydrogens (tertiary/aromatic N) is 2. The van der Waals surface area contributed by atoms with Crippen LogP contribution in [0.25, 0.3) is 0 Å². The van der Waals surface area contributed by atoms with Crippen molar-refractivity contribution in [3.05, 3.63) is 35.4 Å². The number of aromatic hydroxyl groups is 1. The fourth-order valence-corrected chi connectivity index (χ4v) is 6.46. The summed E-state index contributed by atoms with van der Waals surface area (Å²) in [5, 5.41) is 10.7. The number of ether oxygens (including phenoxy) is 3. The summed E-state index contributed by atoms with van der Waals surface area (Å²) in [7, 11) is 1.93. The van der Waals surface area contributed by atoms with E-state index in [2.05, 4.69) is 14.2 Å². The number of rotatable bonds is 2. The van der Waals surface area contributed by atoms with Crippen molar-refractivity contribution in [2.45, 2.75) is 25.1 Å². The molecule has 2 aliphatic heterocycles. The number of allylic oxidation sites excluding steroid dienone is 2. The fraction of sp³-hybridized carbons (Fsp3) is 0.440. The molecule has 0 radical (unpaired) electrons. The van der Waals surface area contributed by atoms with Gasteiger partial charge in [-0.15, -0.1) is 13.2 Å². The predicted molar refractivity (Wildman–Crippen MR) is 121 cm³/mol. The Labute approximate surface area is 223 Å². The van der Waals surface area contributed by atoms with Crippen molar-refractivity contribution in [1.29, 1.82) is 0 Å². The number of phenols is 1. The summed E-state index contributed by atoms with van der Waals surface area (Å²) in [6.07, 6.45) is -6.31. The van der Waals surface area contributed by atoms with Crippen molar-refractivity contribution >= 4 is 35.8 Å². The van der Waals surface area contributed by atoms with Gasteiger partial charge in [-0.3, -0.25) is 19.2 Å². The van der Waals surface area contributed by atoms with Gasteiger partial charge >= 0.3 is 18.5 Å². The zero-order valence-corrected chi connectivity index (χ0v) is 20.8. The number of benzene rings is 1. The molecule has 4 aliphatic rings. The topological polar surface area (TPSA) is 157 Å². The number of phenolic OH excluding ortho intramolecular Hbond substituents is 1. The van der Waals surface area contributed by atoms with Crippen LogP contribution < -0.4 is 4.74 Å². The summed E-state index contributed by atoms with van der Waals surface area (Å²) in [5.41, 5.74) is 0.0725. The molecule has 15 heteroatoms. The number of carbonyl (C=O) groups is 6. The molecule has 2 saturated heterocycles. The van der Waals surface area contributed by atoms with Crippen LogP contribution in [-0.2, 0) is 28.7 Å². The molecule has 5 rings (SSSR count). The number of hydrogen-bond acceptors (Lipinski definition) is 10. The van der Waals surface area contributed by atoms with E-state index in [-0.39, 0.29) is 23.3 Å². The van der Waals surface area contributed by atoms with Crippen molar-refractivity contribution in [1.82, 2.24) is 9.80 Å². The minimum Gasteiger partial charge on any atom is -0.508 e. The molecule has 212 valence electrons. The van der Waals surface area contributed by atoms with Crippen LogP contribution in [0.15, 0.2) is 29.8 Å². The molecule has 1 aromatic rings. The lowest BCUT2D eigenvalue weighted by molar-refractivity contribution is -0.274. The number of imide groups is 6. The number of likely N-dealkylation sites (tertiary alicyclic amines) is 2. The molecule has 0 bridgehead atoms. The second-order valence-electron chi connectivity index (χ2n) is 9.76.